The number of primary amides is 1. The minimum absolute atomic E-state index is 0. The van der Waals surface area contributed by atoms with Crippen LogP contribution in [-0.2, 0) is 14.4 Å². The van der Waals surface area contributed by atoms with E-state index in [9.17, 15) is 14.4 Å². The summed E-state index contributed by atoms with van der Waals surface area (Å²) in [5, 5.41) is 2.51. The highest BCUT2D eigenvalue weighted by atomic mass is 79.9. The predicted molar refractivity (Wildman–Crippen MR) is 95.9 cm³/mol. The molecule has 1 aromatic carbocycles. The van der Waals surface area contributed by atoms with E-state index in [1.165, 1.54) is 4.90 Å². The van der Waals surface area contributed by atoms with Gasteiger partial charge in [0.15, 0.2) is 0 Å². The molecule has 1 aliphatic rings. The second kappa shape index (κ2) is 9.19. The number of benzene rings is 1. The summed E-state index contributed by atoms with van der Waals surface area (Å²) in [6.07, 6.45) is 2.79. The van der Waals surface area contributed by atoms with Crippen LogP contribution in [0, 0.1) is 0 Å². The lowest BCUT2D eigenvalue weighted by Gasteiger charge is -2.23. The van der Waals surface area contributed by atoms with Crippen molar-refractivity contribution in [3.8, 4) is 0 Å². The highest BCUT2D eigenvalue weighted by Crippen LogP contribution is 2.19. The summed E-state index contributed by atoms with van der Waals surface area (Å²) in [4.78, 5) is 37.2. The van der Waals surface area contributed by atoms with Crippen LogP contribution in [0.4, 0.5) is 0 Å². The first-order chi connectivity index (χ1) is 11.0. The van der Waals surface area contributed by atoms with Crippen molar-refractivity contribution in [2.75, 3.05) is 13.1 Å². The van der Waals surface area contributed by atoms with Gasteiger partial charge >= 0.3 is 0 Å². The Kier molecular flexibility index (Phi) is 7.60. The Bertz CT molecular complexity index is 633. The number of amides is 3. The van der Waals surface area contributed by atoms with Crippen LogP contribution in [0.5, 0.6) is 0 Å². The number of rotatable bonds is 5. The summed E-state index contributed by atoms with van der Waals surface area (Å²) < 4.78 is 0. The molecular weight excluding hydrogens is 376 g/mol. The molecule has 0 unspecified atom stereocenters. The highest BCUT2D eigenvalue weighted by Gasteiger charge is 2.34. The fraction of sp³-hybridized carbons (Fsp3) is 0.312. The van der Waals surface area contributed by atoms with Gasteiger partial charge in [0, 0.05) is 6.54 Å². The maximum atomic E-state index is 12.7. The van der Waals surface area contributed by atoms with Crippen LogP contribution in [0.2, 0.25) is 0 Å². The van der Waals surface area contributed by atoms with Crippen molar-refractivity contribution in [1.82, 2.24) is 10.2 Å². The quantitative estimate of drug-likeness (QED) is 0.613. The molecule has 7 nitrogen and oxygen atoms in total. The third-order valence-corrected chi connectivity index (χ3v) is 3.64. The topological polar surface area (TPSA) is 119 Å². The van der Waals surface area contributed by atoms with Gasteiger partial charge in [0.25, 0.3) is 5.91 Å². The summed E-state index contributed by atoms with van der Waals surface area (Å²) in [6.45, 7) is 0.190. The lowest BCUT2D eigenvalue weighted by Crippen LogP contribution is -2.47. The van der Waals surface area contributed by atoms with Gasteiger partial charge in [0.05, 0.1) is 6.54 Å². The zero-order valence-corrected chi connectivity index (χ0v) is 14.8. The van der Waals surface area contributed by atoms with Crippen LogP contribution < -0.4 is 16.8 Å². The molecule has 1 heterocycles. The van der Waals surface area contributed by atoms with Gasteiger partial charge in [-0.1, -0.05) is 30.3 Å². The molecule has 2 rings (SSSR count). The van der Waals surface area contributed by atoms with Gasteiger partial charge in [-0.3, -0.25) is 14.4 Å². The smallest absolute Gasteiger partial charge is 0.271 e. The van der Waals surface area contributed by atoms with Crippen molar-refractivity contribution >= 4 is 40.8 Å². The normalized spacial score (nSPS) is 17.1. The van der Waals surface area contributed by atoms with E-state index in [2.05, 4.69) is 5.32 Å². The van der Waals surface area contributed by atoms with Crippen molar-refractivity contribution in [3.05, 3.63) is 41.6 Å². The Morgan fingerprint density at radius 3 is 2.50 bits per heavy atom. The number of hydrogen-bond acceptors (Lipinski definition) is 4. The van der Waals surface area contributed by atoms with E-state index >= 15 is 0 Å². The number of carbonyl (C=O) groups excluding carboxylic acids is 3. The van der Waals surface area contributed by atoms with Gasteiger partial charge in [-0.2, -0.15) is 0 Å². The molecule has 0 bridgehead atoms. The van der Waals surface area contributed by atoms with Crippen molar-refractivity contribution in [2.45, 2.75) is 18.9 Å². The molecular formula is C16H21BrN4O3. The van der Waals surface area contributed by atoms with Crippen LogP contribution in [-0.4, -0.2) is 41.8 Å². The number of hydrogen-bond donors (Lipinski definition) is 3. The average molecular weight is 397 g/mol. The first kappa shape index (κ1) is 19.9. The monoisotopic (exact) mass is 396 g/mol. The zero-order chi connectivity index (χ0) is 16.8. The number of carbonyl (C=O) groups is 3. The fourth-order valence-electron chi connectivity index (χ4n) is 2.53. The first-order valence-electron chi connectivity index (χ1n) is 7.40. The number of likely N-dealkylation sites (tertiary alicyclic amines) is 1. The number of nitrogens with zero attached hydrogens (tertiary/aromatic N) is 1. The van der Waals surface area contributed by atoms with Crippen molar-refractivity contribution in [1.29, 1.82) is 0 Å². The van der Waals surface area contributed by atoms with E-state index in [4.69, 9.17) is 11.5 Å². The average Bonchev–Trinajstić information content (AvgIpc) is 3.04. The predicted octanol–water partition coefficient (Wildman–Crippen LogP) is 0.157. The second-order valence-electron chi connectivity index (χ2n) is 5.28. The van der Waals surface area contributed by atoms with Crippen LogP contribution in [0.25, 0.3) is 6.08 Å². The summed E-state index contributed by atoms with van der Waals surface area (Å²) in [6, 6.07) is 8.45. The molecule has 3 amide bonds. The van der Waals surface area contributed by atoms with Gasteiger partial charge in [-0.25, -0.2) is 0 Å². The van der Waals surface area contributed by atoms with Crippen LogP contribution in [0.15, 0.2) is 36.0 Å². The Balaban J connectivity index is 0.00000288. The maximum absolute atomic E-state index is 12.7. The van der Waals surface area contributed by atoms with E-state index in [0.29, 0.717) is 19.4 Å². The van der Waals surface area contributed by atoms with Crippen molar-refractivity contribution in [2.24, 2.45) is 11.5 Å². The van der Waals surface area contributed by atoms with Crippen LogP contribution in [0.1, 0.15) is 18.4 Å². The second-order valence-corrected chi connectivity index (χ2v) is 5.28. The van der Waals surface area contributed by atoms with Crippen LogP contribution in [0.3, 0.4) is 0 Å². The molecule has 0 aliphatic carbocycles. The lowest BCUT2D eigenvalue weighted by atomic mass is 10.1. The largest absolute Gasteiger partial charge is 0.368 e. The van der Waals surface area contributed by atoms with Crippen molar-refractivity contribution < 1.29 is 14.4 Å². The van der Waals surface area contributed by atoms with Gasteiger partial charge in [-0.05, 0) is 24.5 Å². The Morgan fingerprint density at radius 1 is 1.25 bits per heavy atom. The molecule has 0 radical (unpaired) electrons. The molecule has 0 spiro atoms. The molecule has 1 atom stereocenters. The Hall–Kier alpha value is -2.19. The maximum Gasteiger partial charge on any atom is 0.271 e. The minimum atomic E-state index is -0.642. The first-order valence-corrected chi connectivity index (χ1v) is 7.40. The highest BCUT2D eigenvalue weighted by molar-refractivity contribution is 8.93. The molecule has 130 valence electrons. The molecule has 0 saturated carbocycles. The molecule has 0 aromatic heterocycles. The third kappa shape index (κ3) is 4.90. The molecule has 1 fully saturated rings. The van der Waals surface area contributed by atoms with Gasteiger partial charge in [0.2, 0.25) is 11.8 Å². The fourth-order valence-corrected chi connectivity index (χ4v) is 2.53. The van der Waals surface area contributed by atoms with Gasteiger partial charge in [-0.15, -0.1) is 17.0 Å². The summed E-state index contributed by atoms with van der Waals surface area (Å²) in [5.74, 6) is -1.45. The summed E-state index contributed by atoms with van der Waals surface area (Å²) in [5.41, 5.74) is 11.5. The number of nitrogens with one attached hydrogen (secondary N) is 1. The minimum Gasteiger partial charge on any atom is -0.368 e. The summed E-state index contributed by atoms with van der Waals surface area (Å²) in [7, 11) is 0. The Morgan fingerprint density at radius 2 is 1.92 bits per heavy atom. The lowest BCUT2D eigenvalue weighted by molar-refractivity contribution is -0.135. The van der Waals surface area contributed by atoms with Crippen LogP contribution >= 0.6 is 17.0 Å². The molecule has 5 N–H and O–H groups in total. The van der Waals surface area contributed by atoms with E-state index in [0.717, 1.165) is 5.56 Å². The Labute approximate surface area is 150 Å². The van der Waals surface area contributed by atoms with Gasteiger partial charge < -0.3 is 21.7 Å². The van der Waals surface area contributed by atoms with E-state index < -0.39 is 23.8 Å². The van der Waals surface area contributed by atoms with Crippen molar-refractivity contribution in [3.63, 3.8) is 0 Å². The number of nitrogens with two attached hydrogens (primary N) is 2. The molecule has 1 saturated heterocycles. The van der Waals surface area contributed by atoms with E-state index in [1.807, 2.05) is 18.2 Å². The van der Waals surface area contributed by atoms with E-state index in [1.54, 1.807) is 18.2 Å². The number of halogens is 1. The molecule has 1 aromatic rings. The molecule has 24 heavy (non-hydrogen) atoms. The SMILES string of the molecule is Br.NCC(=O)NC(=Cc1ccccc1)C(=O)N1CCC[C@H]1C(N)=O. The zero-order valence-electron chi connectivity index (χ0n) is 13.1. The van der Waals surface area contributed by atoms with E-state index in [-0.39, 0.29) is 29.2 Å². The molecule has 8 heteroatoms. The molecule has 1 aliphatic heterocycles. The summed E-state index contributed by atoms with van der Waals surface area (Å²) >= 11 is 0. The van der Waals surface area contributed by atoms with Gasteiger partial charge in [0.1, 0.15) is 11.7 Å². The standard InChI is InChI=1S/C16H20N4O3.BrH/c17-10-14(21)19-12(9-11-5-2-1-3-6-11)16(23)20-8-4-7-13(20)15(18)22;/h1-3,5-6,9,13H,4,7-8,10,17H2,(H2,18,22)(H,19,21);1H/t13-;/m0./s1. The third-order valence-electron chi connectivity index (χ3n) is 3.64.